The lowest BCUT2D eigenvalue weighted by molar-refractivity contribution is 0.179. The van der Waals surface area contributed by atoms with Gasteiger partial charge in [0.05, 0.1) is 29.4 Å². The second-order valence-electron chi connectivity index (χ2n) is 6.62. The SMILES string of the molecule is CC(C)S(=O)(=O)N1CCC[C@H](COc2ccc(-c3ccn[nH]3)nc2)C1. The monoisotopic (exact) mass is 364 g/mol. The van der Waals surface area contributed by atoms with Crippen LogP contribution in [0.2, 0.25) is 0 Å². The third kappa shape index (κ3) is 4.19. The van der Waals surface area contributed by atoms with Crippen LogP contribution in [0.5, 0.6) is 5.75 Å². The summed E-state index contributed by atoms with van der Waals surface area (Å²) in [6.45, 7) is 5.08. The van der Waals surface area contributed by atoms with Crippen LogP contribution in [-0.4, -0.2) is 52.9 Å². The van der Waals surface area contributed by atoms with Crippen molar-refractivity contribution in [3.05, 3.63) is 30.6 Å². The first kappa shape index (κ1) is 17.9. The Bertz CT molecular complexity index is 773. The van der Waals surface area contributed by atoms with Gasteiger partial charge in [0.1, 0.15) is 5.75 Å². The normalized spacial score (nSPS) is 19.2. The van der Waals surface area contributed by atoms with Crippen molar-refractivity contribution in [2.24, 2.45) is 5.92 Å². The molecule has 2 aromatic heterocycles. The molecule has 136 valence electrons. The van der Waals surface area contributed by atoms with Crippen molar-refractivity contribution >= 4 is 10.0 Å². The molecule has 1 aliphatic heterocycles. The lowest BCUT2D eigenvalue weighted by atomic mass is 10.0. The van der Waals surface area contributed by atoms with Crippen LogP contribution in [0, 0.1) is 5.92 Å². The largest absolute Gasteiger partial charge is 0.492 e. The van der Waals surface area contributed by atoms with Crippen molar-refractivity contribution in [2.45, 2.75) is 31.9 Å². The highest BCUT2D eigenvalue weighted by molar-refractivity contribution is 7.89. The molecule has 3 heterocycles. The zero-order chi connectivity index (χ0) is 17.9. The predicted molar refractivity (Wildman–Crippen MR) is 95.7 cm³/mol. The number of ether oxygens (including phenoxy) is 1. The quantitative estimate of drug-likeness (QED) is 0.850. The third-order valence-corrected chi connectivity index (χ3v) is 6.68. The molecule has 0 unspecified atom stereocenters. The average molecular weight is 364 g/mol. The second kappa shape index (κ2) is 7.53. The summed E-state index contributed by atoms with van der Waals surface area (Å²) in [5.41, 5.74) is 1.66. The first-order valence-corrected chi connectivity index (χ1v) is 10.0. The summed E-state index contributed by atoms with van der Waals surface area (Å²) < 4.78 is 32.1. The van der Waals surface area contributed by atoms with Gasteiger partial charge in [-0.05, 0) is 44.9 Å². The summed E-state index contributed by atoms with van der Waals surface area (Å²) in [6, 6.07) is 5.60. The first-order valence-electron chi connectivity index (χ1n) is 8.54. The number of sulfonamides is 1. The zero-order valence-electron chi connectivity index (χ0n) is 14.6. The third-order valence-electron chi connectivity index (χ3n) is 4.44. The Balaban J connectivity index is 1.56. The molecule has 0 amide bonds. The Morgan fingerprint density at radius 1 is 1.36 bits per heavy atom. The van der Waals surface area contributed by atoms with E-state index in [4.69, 9.17) is 4.74 Å². The highest BCUT2D eigenvalue weighted by atomic mass is 32.2. The van der Waals surface area contributed by atoms with Gasteiger partial charge in [-0.3, -0.25) is 10.1 Å². The number of H-pyrrole nitrogens is 1. The standard InChI is InChI=1S/C17H24N4O3S/c1-13(2)25(22,23)21-9-3-4-14(11-21)12-24-15-5-6-16(18-10-15)17-7-8-19-20-17/h5-8,10,13-14H,3-4,9,11-12H2,1-2H3,(H,19,20)/t14-/m0/s1. The fourth-order valence-corrected chi connectivity index (χ4v) is 4.33. The van der Waals surface area contributed by atoms with E-state index in [9.17, 15) is 8.42 Å². The van der Waals surface area contributed by atoms with E-state index in [-0.39, 0.29) is 11.2 Å². The molecule has 0 aromatic carbocycles. The number of hydrogen-bond acceptors (Lipinski definition) is 5. The molecule has 8 heteroatoms. The molecule has 0 aliphatic carbocycles. The summed E-state index contributed by atoms with van der Waals surface area (Å²) in [5, 5.41) is 6.39. The van der Waals surface area contributed by atoms with Crippen LogP contribution < -0.4 is 4.74 Å². The fourth-order valence-electron chi connectivity index (χ4n) is 2.93. The molecule has 1 fully saturated rings. The summed E-state index contributed by atoms with van der Waals surface area (Å²) in [7, 11) is -3.19. The van der Waals surface area contributed by atoms with Crippen LogP contribution >= 0.6 is 0 Å². The topological polar surface area (TPSA) is 88.2 Å². The summed E-state index contributed by atoms with van der Waals surface area (Å²) in [4.78, 5) is 4.36. The van der Waals surface area contributed by atoms with Gasteiger partial charge in [-0.25, -0.2) is 12.7 Å². The van der Waals surface area contributed by atoms with Crippen LogP contribution in [0.4, 0.5) is 0 Å². The Kier molecular flexibility index (Phi) is 5.39. The highest BCUT2D eigenvalue weighted by Crippen LogP contribution is 2.23. The van der Waals surface area contributed by atoms with Gasteiger partial charge >= 0.3 is 0 Å². The van der Waals surface area contributed by atoms with Crippen LogP contribution in [0.15, 0.2) is 30.6 Å². The lowest BCUT2D eigenvalue weighted by Gasteiger charge is -2.32. The molecule has 1 saturated heterocycles. The molecule has 3 rings (SSSR count). The number of aromatic nitrogens is 3. The molecule has 1 N–H and O–H groups in total. The van der Waals surface area contributed by atoms with Crippen LogP contribution in [0.1, 0.15) is 26.7 Å². The number of nitrogens with zero attached hydrogens (tertiary/aromatic N) is 3. The van der Waals surface area contributed by atoms with E-state index in [0.29, 0.717) is 25.4 Å². The van der Waals surface area contributed by atoms with Crippen molar-refractivity contribution in [1.29, 1.82) is 0 Å². The Morgan fingerprint density at radius 2 is 2.20 bits per heavy atom. The van der Waals surface area contributed by atoms with Crippen molar-refractivity contribution in [3.63, 3.8) is 0 Å². The van der Waals surface area contributed by atoms with Crippen LogP contribution in [0.25, 0.3) is 11.4 Å². The summed E-state index contributed by atoms with van der Waals surface area (Å²) in [6.07, 6.45) is 5.21. The van der Waals surface area contributed by atoms with Gasteiger partial charge < -0.3 is 4.74 Å². The van der Waals surface area contributed by atoms with E-state index in [0.717, 1.165) is 24.2 Å². The molecule has 25 heavy (non-hydrogen) atoms. The number of hydrogen-bond donors (Lipinski definition) is 1. The number of pyridine rings is 1. The molecule has 1 aliphatic rings. The molecular formula is C17H24N4O3S. The minimum Gasteiger partial charge on any atom is -0.492 e. The van der Waals surface area contributed by atoms with E-state index in [1.807, 2.05) is 18.2 Å². The first-order chi connectivity index (χ1) is 12.0. The van der Waals surface area contributed by atoms with Gasteiger partial charge in [0, 0.05) is 25.2 Å². The molecular weight excluding hydrogens is 340 g/mol. The van der Waals surface area contributed by atoms with Gasteiger partial charge in [0.25, 0.3) is 0 Å². The van der Waals surface area contributed by atoms with Crippen LogP contribution in [-0.2, 0) is 10.0 Å². The number of nitrogens with one attached hydrogen (secondary N) is 1. The van der Waals surface area contributed by atoms with E-state index in [1.54, 1.807) is 30.5 Å². The van der Waals surface area contributed by atoms with Crippen molar-refractivity contribution in [2.75, 3.05) is 19.7 Å². The van der Waals surface area contributed by atoms with E-state index < -0.39 is 10.0 Å². The average Bonchev–Trinajstić information content (AvgIpc) is 3.15. The number of aromatic amines is 1. The summed E-state index contributed by atoms with van der Waals surface area (Å²) >= 11 is 0. The van der Waals surface area contributed by atoms with Crippen molar-refractivity contribution in [3.8, 4) is 17.1 Å². The Morgan fingerprint density at radius 3 is 2.84 bits per heavy atom. The van der Waals surface area contributed by atoms with E-state index >= 15 is 0 Å². The zero-order valence-corrected chi connectivity index (χ0v) is 15.4. The van der Waals surface area contributed by atoms with Crippen LogP contribution in [0.3, 0.4) is 0 Å². The van der Waals surface area contributed by atoms with Crippen molar-refractivity contribution in [1.82, 2.24) is 19.5 Å². The molecule has 0 bridgehead atoms. The van der Waals surface area contributed by atoms with Gasteiger partial charge in [0.2, 0.25) is 10.0 Å². The molecule has 0 spiro atoms. The summed E-state index contributed by atoms with van der Waals surface area (Å²) in [5.74, 6) is 0.890. The smallest absolute Gasteiger partial charge is 0.216 e. The molecule has 0 radical (unpaired) electrons. The fraction of sp³-hybridized carbons (Fsp3) is 0.529. The molecule has 0 saturated carbocycles. The molecule has 7 nitrogen and oxygen atoms in total. The molecule has 1 atom stereocenters. The van der Waals surface area contributed by atoms with Gasteiger partial charge in [-0.15, -0.1) is 0 Å². The van der Waals surface area contributed by atoms with E-state index in [1.165, 1.54) is 0 Å². The minimum absolute atomic E-state index is 0.203. The number of rotatable bonds is 6. The number of piperidine rings is 1. The van der Waals surface area contributed by atoms with Gasteiger partial charge in [-0.1, -0.05) is 0 Å². The Hall–Kier alpha value is -1.93. The Labute approximate surface area is 148 Å². The van der Waals surface area contributed by atoms with Gasteiger partial charge in [0.15, 0.2) is 0 Å². The molecule has 2 aromatic rings. The second-order valence-corrected chi connectivity index (χ2v) is 9.11. The van der Waals surface area contributed by atoms with Crippen molar-refractivity contribution < 1.29 is 13.2 Å². The van der Waals surface area contributed by atoms with E-state index in [2.05, 4.69) is 15.2 Å². The highest BCUT2D eigenvalue weighted by Gasteiger charge is 2.31. The maximum absolute atomic E-state index is 12.3. The van der Waals surface area contributed by atoms with Gasteiger partial charge in [-0.2, -0.15) is 5.10 Å². The maximum atomic E-state index is 12.3. The lowest BCUT2D eigenvalue weighted by Crippen LogP contribution is -2.44. The predicted octanol–water partition coefficient (Wildman–Crippen LogP) is 2.30. The minimum atomic E-state index is -3.19. The maximum Gasteiger partial charge on any atom is 0.216 e.